The Hall–Kier alpha value is -1.39. The minimum atomic E-state index is -0.448. The first-order valence-corrected chi connectivity index (χ1v) is 5.92. The smallest absolute Gasteiger partial charge is 0.334 e. The van der Waals surface area contributed by atoms with Crippen LogP contribution in [0.4, 0.5) is 4.39 Å². The minimum absolute atomic E-state index is 0.0820. The second-order valence-corrected chi connectivity index (χ2v) is 4.08. The third-order valence-corrected chi connectivity index (χ3v) is 2.51. The van der Waals surface area contributed by atoms with Crippen molar-refractivity contribution in [2.75, 3.05) is 13.2 Å². The monoisotopic (exact) mass is 271 g/mol. The fourth-order valence-corrected chi connectivity index (χ4v) is 1.52. The zero-order valence-electron chi connectivity index (χ0n) is 10.1. The molecule has 0 atom stereocenters. The van der Waals surface area contributed by atoms with Gasteiger partial charge in [0.1, 0.15) is 5.82 Å². The molecule has 0 saturated heterocycles. The fourth-order valence-electron chi connectivity index (χ4n) is 1.31. The molecule has 0 aromatic heterocycles. The van der Waals surface area contributed by atoms with Crippen molar-refractivity contribution < 1.29 is 13.9 Å². The topological polar surface area (TPSA) is 38.3 Å². The molecule has 5 heteroatoms. The Morgan fingerprint density at radius 1 is 1.56 bits per heavy atom. The van der Waals surface area contributed by atoms with E-state index in [-0.39, 0.29) is 5.02 Å². The van der Waals surface area contributed by atoms with E-state index in [1.165, 1.54) is 12.1 Å². The van der Waals surface area contributed by atoms with Gasteiger partial charge in [-0.15, -0.1) is 0 Å². The van der Waals surface area contributed by atoms with Gasteiger partial charge in [0.05, 0.1) is 11.6 Å². The van der Waals surface area contributed by atoms with Crippen LogP contribution < -0.4 is 5.32 Å². The van der Waals surface area contributed by atoms with Gasteiger partial charge in [-0.3, -0.25) is 0 Å². The number of hydrogen-bond acceptors (Lipinski definition) is 3. The first-order chi connectivity index (χ1) is 8.54. The summed E-state index contributed by atoms with van der Waals surface area (Å²) < 4.78 is 17.7. The van der Waals surface area contributed by atoms with Crippen LogP contribution in [0.25, 0.3) is 0 Å². The van der Waals surface area contributed by atoms with Crippen molar-refractivity contribution in [1.29, 1.82) is 0 Å². The first kappa shape index (κ1) is 14.7. The Kier molecular flexibility index (Phi) is 5.82. The van der Waals surface area contributed by atoms with E-state index in [0.717, 1.165) is 5.56 Å². The molecule has 0 radical (unpaired) electrons. The number of carbonyl (C=O) groups is 1. The average Bonchev–Trinajstić information content (AvgIpc) is 2.34. The van der Waals surface area contributed by atoms with Crippen molar-refractivity contribution in [3.8, 4) is 0 Å². The maximum absolute atomic E-state index is 12.9. The molecule has 0 bridgehead atoms. The third-order valence-electron chi connectivity index (χ3n) is 2.22. The Bertz CT molecular complexity index is 449. The van der Waals surface area contributed by atoms with Crippen LogP contribution in [0.15, 0.2) is 30.4 Å². The number of carbonyl (C=O) groups excluding carboxylic acids is 1. The highest BCUT2D eigenvalue weighted by atomic mass is 35.5. The number of ether oxygens (including phenoxy) is 1. The van der Waals surface area contributed by atoms with Crippen LogP contribution in [0.2, 0.25) is 5.02 Å². The highest BCUT2D eigenvalue weighted by Crippen LogP contribution is 2.15. The van der Waals surface area contributed by atoms with Crippen molar-refractivity contribution in [2.24, 2.45) is 0 Å². The standard InChI is InChI=1S/C13H15ClFNO2/c1-3-18-13(17)9(2)7-16-8-10-4-5-12(15)11(14)6-10/h4-6,16H,2-3,7-8H2,1H3. The second kappa shape index (κ2) is 7.13. The summed E-state index contributed by atoms with van der Waals surface area (Å²) in [4.78, 5) is 11.3. The second-order valence-electron chi connectivity index (χ2n) is 3.68. The molecule has 0 spiro atoms. The van der Waals surface area contributed by atoms with Crippen LogP contribution in [0, 0.1) is 5.82 Å². The molecule has 0 fully saturated rings. The molecule has 98 valence electrons. The maximum Gasteiger partial charge on any atom is 0.334 e. The van der Waals surface area contributed by atoms with Crippen LogP contribution in [-0.4, -0.2) is 19.1 Å². The number of benzene rings is 1. The molecule has 0 saturated carbocycles. The molecule has 0 amide bonds. The van der Waals surface area contributed by atoms with E-state index in [9.17, 15) is 9.18 Å². The largest absolute Gasteiger partial charge is 0.463 e. The molecule has 1 aromatic rings. The van der Waals surface area contributed by atoms with Gasteiger partial charge in [0, 0.05) is 18.7 Å². The van der Waals surface area contributed by atoms with E-state index in [0.29, 0.717) is 25.3 Å². The van der Waals surface area contributed by atoms with Crippen LogP contribution in [0.5, 0.6) is 0 Å². The van der Waals surface area contributed by atoms with Gasteiger partial charge in [-0.2, -0.15) is 0 Å². The van der Waals surface area contributed by atoms with E-state index in [1.807, 2.05) is 0 Å². The summed E-state index contributed by atoms with van der Waals surface area (Å²) in [6.07, 6.45) is 0. The molecule has 18 heavy (non-hydrogen) atoms. The molecule has 1 rings (SSSR count). The summed E-state index contributed by atoms with van der Waals surface area (Å²) in [5, 5.41) is 3.09. The molecule has 0 heterocycles. The molecule has 1 N–H and O–H groups in total. The number of halogens is 2. The van der Waals surface area contributed by atoms with E-state index in [4.69, 9.17) is 16.3 Å². The van der Waals surface area contributed by atoms with Crippen molar-refractivity contribution in [3.63, 3.8) is 0 Å². The van der Waals surface area contributed by atoms with E-state index < -0.39 is 11.8 Å². The van der Waals surface area contributed by atoms with Gasteiger partial charge in [0.25, 0.3) is 0 Å². The molecular formula is C13H15ClFNO2. The van der Waals surface area contributed by atoms with Crippen LogP contribution in [0.1, 0.15) is 12.5 Å². The van der Waals surface area contributed by atoms with Crippen molar-refractivity contribution in [2.45, 2.75) is 13.5 Å². The molecule has 0 aliphatic rings. The molecule has 3 nitrogen and oxygen atoms in total. The Morgan fingerprint density at radius 2 is 2.28 bits per heavy atom. The summed E-state index contributed by atoms with van der Waals surface area (Å²) in [6.45, 7) is 6.46. The summed E-state index contributed by atoms with van der Waals surface area (Å²) >= 11 is 5.65. The zero-order valence-corrected chi connectivity index (χ0v) is 10.9. The number of hydrogen-bond donors (Lipinski definition) is 1. The Balaban J connectivity index is 2.39. The summed E-state index contributed by atoms with van der Waals surface area (Å²) in [6, 6.07) is 4.47. The van der Waals surface area contributed by atoms with E-state index >= 15 is 0 Å². The van der Waals surface area contributed by atoms with Crippen molar-refractivity contribution >= 4 is 17.6 Å². The quantitative estimate of drug-likeness (QED) is 0.639. The summed E-state index contributed by atoms with van der Waals surface area (Å²) in [5.41, 5.74) is 1.18. The van der Waals surface area contributed by atoms with Crippen molar-refractivity contribution in [3.05, 3.63) is 46.8 Å². The van der Waals surface area contributed by atoms with Gasteiger partial charge in [0.15, 0.2) is 0 Å². The van der Waals surface area contributed by atoms with Gasteiger partial charge >= 0.3 is 5.97 Å². The van der Waals surface area contributed by atoms with E-state index in [2.05, 4.69) is 11.9 Å². The molecule has 0 unspecified atom stereocenters. The summed E-state index contributed by atoms with van der Waals surface area (Å²) in [7, 11) is 0. The van der Waals surface area contributed by atoms with Crippen LogP contribution in [-0.2, 0) is 16.1 Å². The third kappa shape index (κ3) is 4.47. The summed E-state index contributed by atoms with van der Waals surface area (Å²) in [5.74, 6) is -0.863. The molecular weight excluding hydrogens is 257 g/mol. The lowest BCUT2D eigenvalue weighted by Gasteiger charge is -2.07. The molecule has 0 aliphatic carbocycles. The lowest BCUT2D eigenvalue weighted by Crippen LogP contribution is -2.21. The number of esters is 1. The molecule has 0 aliphatic heterocycles. The normalized spacial score (nSPS) is 10.2. The number of rotatable bonds is 6. The molecule has 1 aromatic carbocycles. The highest BCUT2D eigenvalue weighted by Gasteiger charge is 2.07. The number of nitrogens with one attached hydrogen (secondary N) is 1. The first-order valence-electron chi connectivity index (χ1n) is 5.54. The minimum Gasteiger partial charge on any atom is -0.463 e. The fraction of sp³-hybridized carbons (Fsp3) is 0.308. The maximum atomic E-state index is 12.9. The highest BCUT2D eigenvalue weighted by molar-refractivity contribution is 6.30. The van der Waals surface area contributed by atoms with Crippen LogP contribution in [0.3, 0.4) is 0 Å². The average molecular weight is 272 g/mol. The zero-order chi connectivity index (χ0) is 13.5. The van der Waals surface area contributed by atoms with Crippen molar-refractivity contribution in [1.82, 2.24) is 5.32 Å². The van der Waals surface area contributed by atoms with Gasteiger partial charge < -0.3 is 10.1 Å². The van der Waals surface area contributed by atoms with Gasteiger partial charge in [-0.05, 0) is 24.6 Å². The van der Waals surface area contributed by atoms with Gasteiger partial charge in [-0.1, -0.05) is 24.2 Å². The Morgan fingerprint density at radius 3 is 2.89 bits per heavy atom. The lowest BCUT2D eigenvalue weighted by molar-refractivity contribution is -0.138. The van der Waals surface area contributed by atoms with Gasteiger partial charge in [0.2, 0.25) is 0 Å². The van der Waals surface area contributed by atoms with Gasteiger partial charge in [-0.25, -0.2) is 9.18 Å². The predicted octanol–water partition coefficient (Wildman–Crippen LogP) is 2.69. The Labute approximate surface area is 111 Å². The van der Waals surface area contributed by atoms with E-state index in [1.54, 1.807) is 13.0 Å². The SMILES string of the molecule is C=C(CNCc1ccc(F)c(Cl)c1)C(=O)OCC. The predicted molar refractivity (Wildman–Crippen MR) is 68.9 cm³/mol. The lowest BCUT2D eigenvalue weighted by atomic mass is 10.2. The van der Waals surface area contributed by atoms with Crippen LogP contribution >= 0.6 is 11.6 Å².